The largest absolute Gasteiger partial charge is 0.468 e. The summed E-state index contributed by atoms with van der Waals surface area (Å²) in [6, 6.07) is 5.36. The second-order valence-corrected chi connectivity index (χ2v) is 5.01. The first kappa shape index (κ1) is 15.3. The smallest absolute Gasteiger partial charge is 0.320 e. The van der Waals surface area contributed by atoms with Gasteiger partial charge in [-0.3, -0.25) is 19.7 Å². The molecule has 1 amide bonds. The van der Waals surface area contributed by atoms with Gasteiger partial charge in [0.25, 0.3) is 11.6 Å². The number of halogens is 1. The zero-order valence-electron chi connectivity index (χ0n) is 9.96. The number of esters is 1. The number of hydrogen-bond donors (Lipinski definition) is 1. The van der Waals surface area contributed by atoms with Gasteiger partial charge in [-0.2, -0.15) is 0 Å². The number of amides is 1. The number of nitro benzene ring substituents is 1. The maximum absolute atomic E-state index is 11.7. The van der Waals surface area contributed by atoms with E-state index in [1.54, 1.807) is 0 Å². The van der Waals surface area contributed by atoms with E-state index in [2.05, 4.69) is 10.1 Å². The molecular weight excluding hydrogens is 367 g/mol. The average molecular weight is 378 g/mol. The Balaban J connectivity index is 2.66. The third-order valence-electron chi connectivity index (χ3n) is 2.22. The number of alkyl halides is 1. The van der Waals surface area contributed by atoms with Crippen molar-refractivity contribution in [3.05, 3.63) is 39.9 Å². The second-order valence-electron chi connectivity index (χ2n) is 3.51. The van der Waals surface area contributed by atoms with Crippen molar-refractivity contribution in [1.82, 2.24) is 5.32 Å². The number of methoxy groups -OCH3 is 1. The number of rotatable bonds is 5. The molecule has 1 aromatic rings. The molecule has 0 fully saturated rings. The summed E-state index contributed by atoms with van der Waals surface area (Å²) in [7, 11) is 1.26. The standard InChI is InChI=1S/C11H11IN2O5/c1-19-11(16)9(12)6-13-10(15)7-3-2-4-8(5-7)14(17)18/h2-5,9H,6H2,1H3,(H,13,15). The van der Waals surface area contributed by atoms with Crippen molar-refractivity contribution in [3.63, 3.8) is 0 Å². The lowest BCUT2D eigenvalue weighted by atomic mass is 10.2. The van der Waals surface area contributed by atoms with Gasteiger partial charge in [-0.1, -0.05) is 28.7 Å². The minimum Gasteiger partial charge on any atom is -0.468 e. The molecule has 0 saturated heterocycles. The molecule has 0 saturated carbocycles. The van der Waals surface area contributed by atoms with E-state index in [4.69, 9.17) is 0 Å². The van der Waals surface area contributed by atoms with Crippen molar-refractivity contribution >= 4 is 40.2 Å². The number of hydrogen-bond acceptors (Lipinski definition) is 5. The van der Waals surface area contributed by atoms with E-state index in [0.29, 0.717) is 0 Å². The van der Waals surface area contributed by atoms with Crippen LogP contribution in [-0.4, -0.2) is 34.4 Å². The number of ether oxygens (including phenoxy) is 1. The van der Waals surface area contributed by atoms with Crippen LogP contribution in [0.3, 0.4) is 0 Å². The minimum atomic E-state index is -0.577. The Kier molecular flexibility index (Phi) is 5.67. The van der Waals surface area contributed by atoms with E-state index in [0.717, 1.165) is 0 Å². The van der Waals surface area contributed by atoms with Crippen molar-refractivity contribution in [2.24, 2.45) is 0 Å². The lowest BCUT2D eigenvalue weighted by Gasteiger charge is -2.09. The van der Waals surface area contributed by atoms with Crippen LogP contribution in [0.15, 0.2) is 24.3 Å². The van der Waals surface area contributed by atoms with Gasteiger partial charge in [0.15, 0.2) is 0 Å². The molecule has 0 aliphatic heterocycles. The fraction of sp³-hybridized carbons (Fsp3) is 0.273. The summed E-state index contributed by atoms with van der Waals surface area (Å²) < 4.78 is 4.00. The molecule has 8 heteroatoms. The number of benzene rings is 1. The predicted octanol–water partition coefficient (Wildman–Crippen LogP) is 1.30. The number of non-ortho nitro benzene ring substituents is 1. The highest BCUT2D eigenvalue weighted by atomic mass is 127. The first-order chi connectivity index (χ1) is 8.95. The van der Waals surface area contributed by atoms with Gasteiger partial charge in [-0.15, -0.1) is 0 Å². The highest BCUT2D eigenvalue weighted by molar-refractivity contribution is 14.1. The summed E-state index contributed by atoms with van der Waals surface area (Å²) in [5.41, 5.74) is 0.00862. The van der Waals surface area contributed by atoms with Gasteiger partial charge < -0.3 is 10.1 Å². The highest BCUT2D eigenvalue weighted by Gasteiger charge is 2.17. The normalized spacial score (nSPS) is 11.5. The SMILES string of the molecule is COC(=O)C(I)CNC(=O)c1cccc([N+](=O)[O-])c1. The van der Waals surface area contributed by atoms with Crippen LogP contribution in [0.1, 0.15) is 10.4 Å². The molecule has 1 rings (SSSR count). The summed E-state index contributed by atoms with van der Waals surface area (Å²) in [4.78, 5) is 32.9. The Labute approximate surface area is 122 Å². The molecule has 0 radical (unpaired) electrons. The second kappa shape index (κ2) is 7.02. The van der Waals surface area contributed by atoms with Gasteiger partial charge >= 0.3 is 5.97 Å². The number of nitrogens with zero attached hydrogens (tertiary/aromatic N) is 1. The molecule has 0 aromatic heterocycles. The van der Waals surface area contributed by atoms with E-state index >= 15 is 0 Å². The highest BCUT2D eigenvalue weighted by Crippen LogP contribution is 2.13. The van der Waals surface area contributed by atoms with E-state index in [1.165, 1.54) is 31.4 Å². The quantitative estimate of drug-likeness (QED) is 0.274. The molecule has 0 aliphatic carbocycles. The minimum absolute atomic E-state index is 0.0920. The Morgan fingerprint density at radius 3 is 2.79 bits per heavy atom. The molecule has 1 N–H and O–H groups in total. The predicted molar refractivity (Wildman–Crippen MR) is 75.3 cm³/mol. The maximum Gasteiger partial charge on any atom is 0.320 e. The fourth-order valence-corrected chi connectivity index (χ4v) is 1.73. The van der Waals surface area contributed by atoms with E-state index < -0.39 is 20.7 Å². The number of nitro groups is 1. The summed E-state index contributed by atoms with van der Waals surface area (Å²) in [5.74, 6) is -0.922. The van der Waals surface area contributed by atoms with Crippen LogP contribution < -0.4 is 5.32 Å². The molecule has 102 valence electrons. The average Bonchev–Trinajstić information content (AvgIpc) is 2.43. The molecule has 1 atom stereocenters. The lowest BCUT2D eigenvalue weighted by Crippen LogP contribution is -2.33. The molecule has 1 unspecified atom stereocenters. The van der Waals surface area contributed by atoms with Gasteiger partial charge in [0, 0.05) is 24.2 Å². The summed E-state index contributed by atoms with van der Waals surface area (Å²) in [6.45, 7) is 0.0920. The summed E-state index contributed by atoms with van der Waals surface area (Å²) >= 11 is 1.84. The number of nitrogens with one attached hydrogen (secondary N) is 1. The molecule has 7 nitrogen and oxygen atoms in total. The van der Waals surface area contributed by atoms with Crippen molar-refractivity contribution in [2.45, 2.75) is 3.92 Å². The van der Waals surface area contributed by atoms with Gasteiger partial charge in [-0.05, 0) is 6.07 Å². The topological polar surface area (TPSA) is 98.5 Å². The molecule has 19 heavy (non-hydrogen) atoms. The van der Waals surface area contributed by atoms with Crippen LogP contribution in [0.25, 0.3) is 0 Å². The van der Waals surface area contributed by atoms with E-state index in [1.807, 2.05) is 22.6 Å². The van der Waals surface area contributed by atoms with E-state index in [9.17, 15) is 19.7 Å². The maximum atomic E-state index is 11.7. The van der Waals surface area contributed by atoms with Crippen LogP contribution in [0.5, 0.6) is 0 Å². The fourth-order valence-electron chi connectivity index (χ4n) is 1.26. The van der Waals surface area contributed by atoms with Gasteiger partial charge in [0.2, 0.25) is 0 Å². The van der Waals surface area contributed by atoms with Crippen LogP contribution >= 0.6 is 22.6 Å². The molecular formula is C11H11IN2O5. The zero-order chi connectivity index (χ0) is 14.4. The van der Waals surface area contributed by atoms with Crippen LogP contribution in [-0.2, 0) is 9.53 Å². The summed E-state index contributed by atoms with van der Waals surface area (Å²) in [6.07, 6.45) is 0. The van der Waals surface area contributed by atoms with Crippen molar-refractivity contribution in [2.75, 3.05) is 13.7 Å². The number of carbonyl (C=O) groups is 2. The first-order valence-electron chi connectivity index (χ1n) is 5.20. The van der Waals surface area contributed by atoms with Crippen LogP contribution in [0.4, 0.5) is 5.69 Å². The summed E-state index contributed by atoms with van der Waals surface area (Å²) in [5, 5.41) is 13.1. The van der Waals surface area contributed by atoms with Gasteiger partial charge in [0.05, 0.1) is 12.0 Å². The Morgan fingerprint density at radius 1 is 1.53 bits per heavy atom. The molecule has 0 heterocycles. The van der Waals surface area contributed by atoms with Crippen LogP contribution in [0.2, 0.25) is 0 Å². The van der Waals surface area contributed by atoms with Crippen LogP contribution in [0, 0.1) is 10.1 Å². The molecule has 0 bridgehead atoms. The molecule has 0 spiro atoms. The van der Waals surface area contributed by atoms with Crippen molar-refractivity contribution in [3.8, 4) is 0 Å². The van der Waals surface area contributed by atoms with Crippen molar-refractivity contribution in [1.29, 1.82) is 0 Å². The van der Waals surface area contributed by atoms with E-state index in [-0.39, 0.29) is 17.8 Å². The molecule has 0 aliphatic rings. The lowest BCUT2D eigenvalue weighted by molar-refractivity contribution is -0.384. The third-order valence-corrected chi connectivity index (χ3v) is 3.17. The molecule has 1 aromatic carbocycles. The Morgan fingerprint density at radius 2 is 2.21 bits per heavy atom. The van der Waals surface area contributed by atoms with Crippen molar-refractivity contribution < 1.29 is 19.2 Å². The zero-order valence-corrected chi connectivity index (χ0v) is 12.1. The third kappa shape index (κ3) is 4.47. The Bertz CT molecular complexity index is 506. The van der Waals surface area contributed by atoms with Gasteiger partial charge in [0.1, 0.15) is 3.92 Å². The van der Waals surface area contributed by atoms with Gasteiger partial charge in [-0.25, -0.2) is 0 Å². The Hall–Kier alpha value is -1.71. The number of carbonyl (C=O) groups excluding carboxylic acids is 2. The monoisotopic (exact) mass is 378 g/mol. The first-order valence-corrected chi connectivity index (χ1v) is 6.45.